The molecule has 1 aromatic carbocycles. The Morgan fingerprint density at radius 3 is 1.80 bits per heavy atom. The van der Waals surface area contributed by atoms with E-state index in [9.17, 15) is 0 Å². The third kappa shape index (κ3) is 5.61. The molecular formula is C15H26. The Hall–Kier alpha value is -0.780. The lowest BCUT2D eigenvalue weighted by molar-refractivity contribution is 0.410. The van der Waals surface area contributed by atoms with Crippen molar-refractivity contribution in [1.82, 2.24) is 0 Å². The number of rotatable bonds is 2. The highest BCUT2D eigenvalue weighted by molar-refractivity contribution is 5.27. The highest BCUT2D eigenvalue weighted by Crippen LogP contribution is 2.22. The van der Waals surface area contributed by atoms with E-state index in [4.69, 9.17) is 0 Å². The van der Waals surface area contributed by atoms with Gasteiger partial charge in [-0.05, 0) is 29.4 Å². The largest absolute Gasteiger partial charge is 0.0683 e. The molecule has 0 aliphatic heterocycles. The Kier molecular flexibility index (Phi) is 6.31. The summed E-state index contributed by atoms with van der Waals surface area (Å²) in [5, 5.41) is 0. The lowest BCUT2D eigenvalue weighted by Gasteiger charge is -2.20. The molecule has 1 rings (SSSR count). The van der Waals surface area contributed by atoms with E-state index in [1.807, 2.05) is 13.8 Å². The van der Waals surface area contributed by atoms with Crippen molar-refractivity contribution in [3.05, 3.63) is 35.4 Å². The fourth-order valence-electron chi connectivity index (χ4n) is 1.65. The van der Waals surface area contributed by atoms with E-state index < -0.39 is 0 Å². The minimum atomic E-state index is 0.394. The predicted molar refractivity (Wildman–Crippen MR) is 70.3 cm³/mol. The van der Waals surface area contributed by atoms with Crippen LogP contribution in [0, 0.1) is 5.41 Å². The van der Waals surface area contributed by atoms with Gasteiger partial charge in [0.05, 0.1) is 0 Å². The molecule has 0 unspecified atom stereocenters. The van der Waals surface area contributed by atoms with E-state index in [1.165, 1.54) is 17.5 Å². The molecule has 0 saturated carbocycles. The molecule has 0 heteroatoms. The highest BCUT2D eigenvalue weighted by atomic mass is 14.2. The van der Waals surface area contributed by atoms with E-state index in [0.29, 0.717) is 5.41 Å². The second-order valence-electron chi connectivity index (χ2n) is 4.86. The number of hydrogen-bond acceptors (Lipinski definition) is 0. The van der Waals surface area contributed by atoms with Crippen LogP contribution in [0.5, 0.6) is 0 Å². The molecule has 0 heterocycles. The summed E-state index contributed by atoms with van der Waals surface area (Å²) >= 11 is 0. The number of hydrogen-bond donors (Lipinski definition) is 0. The van der Waals surface area contributed by atoms with Gasteiger partial charge in [-0.2, -0.15) is 0 Å². The van der Waals surface area contributed by atoms with Gasteiger partial charge in [-0.3, -0.25) is 0 Å². The van der Waals surface area contributed by atoms with Crippen LogP contribution in [0.25, 0.3) is 0 Å². The molecule has 0 nitrogen and oxygen atoms in total. The van der Waals surface area contributed by atoms with Crippen molar-refractivity contribution in [3.63, 3.8) is 0 Å². The van der Waals surface area contributed by atoms with Gasteiger partial charge in [-0.25, -0.2) is 0 Å². The zero-order valence-corrected chi connectivity index (χ0v) is 11.2. The van der Waals surface area contributed by atoms with E-state index >= 15 is 0 Å². The number of benzene rings is 1. The van der Waals surface area contributed by atoms with Crippen molar-refractivity contribution in [1.29, 1.82) is 0 Å². The Bertz CT molecular complexity index is 266. The van der Waals surface area contributed by atoms with Crippen LogP contribution in [-0.4, -0.2) is 0 Å². The quantitative estimate of drug-likeness (QED) is 0.648. The third-order valence-electron chi connectivity index (χ3n) is 2.22. The third-order valence-corrected chi connectivity index (χ3v) is 2.22. The molecule has 86 valence electrons. The SMILES string of the molecule is CC.CCc1ccccc1CC(C)(C)C. The van der Waals surface area contributed by atoms with Crippen molar-refractivity contribution < 1.29 is 0 Å². The van der Waals surface area contributed by atoms with Crippen LogP contribution in [0.3, 0.4) is 0 Å². The average molecular weight is 206 g/mol. The summed E-state index contributed by atoms with van der Waals surface area (Å²) in [5.41, 5.74) is 3.40. The summed E-state index contributed by atoms with van der Waals surface area (Å²) in [5.74, 6) is 0. The van der Waals surface area contributed by atoms with Crippen molar-refractivity contribution in [3.8, 4) is 0 Å². The maximum atomic E-state index is 2.29. The zero-order chi connectivity index (χ0) is 11.9. The molecule has 15 heavy (non-hydrogen) atoms. The Balaban J connectivity index is 0.000000921. The lowest BCUT2D eigenvalue weighted by Crippen LogP contribution is -2.10. The second-order valence-corrected chi connectivity index (χ2v) is 4.86. The highest BCUT2D eigenvalue weighted by Gasteiger charge is 2.12. The van der Waals surface area contributed by atoms with E-state index in [0.717, 1.165) is 6.42 Å². The normalized spacial score (nSPS) is 10.5. The topological polar surface area (TPSA) is 0 Å². The molecular weight excluding hydrogens is 180 g/mol. The smallest absolute Gasteiger partial charge is 0.0227 e. The van der Waals surface area contributed by atoms with Crippen LogP contribution in [0.15, 0.2) is 24.3 Å². The van der Waals surface area contributed by atoms with Gasteiger partial charge in [0, 0.05) is 0 Å². The lowest BCUT2D eigenvalue weighted by atomic mass is 9.86. The van der Waals surface area contributed by atoms with Gasteiger partial charge in [0.1, 0.15) is 0 Å². The van der Waals surface area contributed by atoms with E-state index in [2.05, 4.69) is 52.0 Å². The van der Waals surface area contributed by atoms with Gasteiger partial charge < -0.3 is 0 Å². The van der Waals surface area contributed by atoms with Gasteiger partial charge in [-0.15, -0.1) is 0 Å². The minimum absolute atomic E-state index is 0.394. The summed E-state index contributed by atoms with van der Waals surface area (Å²) in [7, 11) is 0. The van der Waals surface area contributed by atoms with Crippen LogP contribution in [-0.2, 0) is 12.8 Å². The second kappa shape index (κ2) is 6.66. The van der Waals surface area contributed by atoms with Crippen LogP contribution in [0.4, 0.5) is 0 Å². The summed E-state index contributed by atoms with van der Waals surface area (Å²) < 4.78 is 0. The Morgan fingerprint density at radius 2 is 1.40 bits per heavy atom. The van der Waals surface area contributed by atoms with Crippen LogP contribution in [0.1, 0.15) is 52.7 Å². The Labute approximate surface area is 95.7 Å². The molecule has 0 bridgehead atoms. The van der Waals surface area contributed by atoms with Crippen molar-refractivity contribution >= 4 is 0 Å². The zero-order valence-electron chi connectivity index (χ0n) is 11.2. The fraction of sp³-hybridized carbons (Fsp3) is 0.600. The molecule has 0 atom stereocenters. The monoisotopic (exact) mass is 206 g/mol. The first-order valence-corrected chi connectivity index (χ1v) is 6.10. The molecule has 0 spiro atoms. The van der Waals surface area contributed by atoms with E-state index in [-0.39, 0.29) is 0 Å². The standard InChI is InChI=1S/C13H20.C2H6/c1-5-11-8-6-7-9-12(11)10-13(2,3)4;1-2/h6-9H,5,10H2,1-4H3;1-2H3. The maximum Gasteiger partial charge on any atom is -0.0227 e. The summed E-state index contributed by atoms with van der Waals surface area (Å²) in [6.07, 6.45) is 2.32. The van der Waals surface area contributed by atoms with Gasteiger partial charge in [-0.1, -0.05) is 65.8 Å². The van der Waals surface area contributed by atoms with Gasteiger partial charge in [0.25, 0.3) is 0 Å². The molecule has 0 fully saturated rings. The molecule has 0 aliphatic rings. The van der Waals surface area contributed by atoms with Crippen molar-refractivity contribution in [2.45, 2.75) is 54.4 Å². The molecule has 0 N–H and O–H groups in total. The fourth-order valence-corrected chi connectivity index (χ4v) is 1.65. The van der Waals surface area contributed by atoms with Gasteiger partial charge in [0.2, 0.25) is 0 Å². The molecule has 0 amide bonds. The van der Waals surface area contributed by atoms with Gasteiger partial charge >= 0.3 is 0 Å². The molecule has 0 saturated heterocycles. The predicted octanol–water partition coefficient (Wildman–Crippen LogP) is 4.86. The average Bonchev–Trinajstić information content (AvgIpc) is 2.19. The number of aryl methyl sites for hydroxylation is 1. The summed E-state index contributed by atoms with van der Waals surface area (Å²) in [6.45, 7) is 13.1. The first-order chi connectivity index (χ1) is 7.03. The van der Waals surface area contributed by atoms with Crippen molar-refractivity contribution in [2.75, 3.05) is 0 Å². The molecule has 0 aromatic heterocycles. The van der Waals surface area contributed by atoms with Crippen LogP contribution in [0.2, 0.25) is 0 Å². The van der Waals surface area contributed by atoms with Crippen LogP contribution >= 0.6 is 0 Å². The minimum Gasteiger partial charge on any atom is -0.0683 e. The first-order valence-electron chi connectivity index (χ1n) is 6.10. The van der Waals surface area contributed by atoms with Gasteiger partial charge in [0.15, 0.2) is 0 Å². The maximum absolute atomic E-state index is 2.29. The molecule has 0 radical (unpaired) electrons. The van der Waals surface area contributed by atoms with E-state index in [1.54, 1.807) is 0 Å². The first kappa shape index (κ1) is 14.2. The molecule has 1 aromatic rings. The summed E-state index contributed by atoms with van der Waals surface area (Å²) in [4.78, 5) is 0. The van der Waals surface area contributed by atoms with Crippen molar-refractivity contribution in [2.24, 2.45) is 5.41 Å². The molecule has 0 aliphatic carbocycles. The summed E-state index contributed by atoms with van der Waals surface area (Å²) in [6, 6.07) is 8.76. The Morgan fingerprint density at radius 1 is 0.933 bits per heavy atom. The van der Waals surface area contributed by atoms with Crippen LogP contribution < -0.4 is 0 Å².